The molecule has 2 aliphatic heterocycles. The van der Waals surface area contributed by atoms with Gasteiger partial charge in [0.25, 0.3) is 0 Å². The van der Waals surface area contributed by atoms with Gasteiger partial charge in [-0.2, -0.15) is 0 Å². The molecule has 0 bridgehead atoms. The minimum Gasteiger partial charge on any atom is -0.316 e. The molecule has 0 amide bonds. The molecule has 0 spiro atoms. The zero-order valence-electron chi connectivity index (χ0n) is 8.98. The maximum Gasteiger partial charge on any atom is 0.213 e. The monoisotopic (exact) mass is 254 g/mol. The maximum atomic E-state index is 11.6. The zero-order valence-corrected chi connectivity index (χ0v) is 10.6. The van der Waals surface area contributed by atoms with Crippen LogP contribution in [0.25, 0.3) is 0 Å². The van der Waals surface area contributed by atoms with Gasteiger partial charge in [0.2, 0.25) is 10.0 Å². The van der Waals surface area contributed by atoms with Gasteiger partial charge in [0.15, 0.2) is 0 Å². The van der Waals surface area contributed by atoms with Crippen molar-refractivity contribution in [3.63, 3.8) is 0 Å². The SMILES string of the molecule is CCS(=O)(=O)N1CCC2CNCC2C1.Cl. The van der Waals surface area contributed by atoms with E-state index in [1.54, 1.807) is 11.2 Å². The molecule has 1 N–H and O–H groups in total. The molecule has 2 unspecified atom stereocenters. The fraction of sp³-hybridized carbons (Fsp3) is 1.00. The van der Waals surface area contributed by atoms with E-state index in [1.165, 1.54) is 0 Å². The van der Waals surface area contributed by atoms with E-state index in [-0.39, 0.29) is 18.2 Å². The van der Waals surface area contributed by atoms with Gasteiger partial charge in [0.1, 0.15) is 0 Å². The fourth-order valence-electron chi connectivity index (χ4n) is 2.44. The van der Waals surface area contributed by atoms with Crippen molar-refractivity contribution in [2.24, 2.45) is 11.8 Å². The van der Waals surface area contributed by atoms with Crippen LogP contribution in [0.5, 0.6) is 0 Å². The number of nitrogens with zero attached hydrogens (tertiary/aromatic N) is 1. The molecule has 0 aromatic carbocycles. The van der Waals surface area contributed by atoms with Crippen molar-refractivity contribution >= 4 is 22.4 Å². The first-order chi connectivity index (χ1) is 6.63. The lowest BCUT2D eigenvalue weighted by Gasteiger charge is -2.33. The predicted octanol–water partition coefficient (Wildman–Crippen LogP) is 0.299. The van der Waals surface area contributed by atoms with Gasteiger partial charge in [-0.1, -0.05) is 0 Å². The van der Waals surface area contributed by atoms with Crippen molar-refractivity contribution in [3.05, 3.63) is 0 Å². The Morgan fingerprint density at radius 3 is 2.67 bits per heavy atom. The van der Waals surface area contributed by atoms with Crippen LogP contribution in [0.1, 0.15) is 13.3 Å². The molecule has 2 aliphatic rings. The summed E-state index contributed by atoms with van der Waals surface area (Å²) in [5.74, 6) is 1.49. The fourth-order valence-corrected chi connectivity index (χ4v) is 3.60. The zero-order chi connectivity index (χ0) is 10.2. The van der Waals surface area contributed by atoms with E-state index in [4.69, 9.17) is 0 Å². The van der Waals surface area contributed by atoms with Gasteiger partial charge in [-0.15, -0.1) is 12.4 Å². The third kappa shape index (κ3) is 2.64. The van der Waals surface area contributed by atoms with Crippen molar-refractivity contribution in [1.29, 1.82) is 0 Å². The first-order valence-corrected chi connectivity index (χ1v) is 6.93. The van der Waals surface area contributed by atoms with Crippen molar-refractivity contribution < 1.29 is 8.42 Å². The van der Waals surface area contributed by atoms with Crippen molar-refractivity contribution in [2.45, 2.75) is 13.3 Å². The predicted molar refractivity (Wildman–Crippen MR) is 62.7 cm³/mol. The lowest BCUT2D eigenvalue weighted by atomic mass is 9.90. The van der Waals surface area contributed by atoms with Crippen LogP contribution < -0.4 is 5.32 Å². The van der Waals surface area contributed by atoms with Gasteiger partial charge in [-0.3, -0.25) is 0 Å². The molecule has 0 saturated carbocycles. The highest BCUT2D eigenvalue weighted by molar-refractivity contribution is 7.89. The summed E-state index contributed by atoms with van der Waals surface area (Å²) in [6.45, 7) is 5.23. The Morgan fingerprint density at radius 1 is 1.33 bits per heavy atom. The second kappa shape index (κ2) is 4.99. The van der Waals surface area contributed by atoms with E-state index in [2.05, 4.69) is 5.32 Å². The Morgan fingerprint density at radius 2 is 2.00 bits per heavy atom. The van der Waals surface area contributed by atoms with Crippen LogP contribution in [-0.2, 0) is 10.0 Å². The maximum absolute atomic E-state index is 11.6. The lowest BCUT2D eigenvalue weighted by Crippen LogP contribution is -2.43. The average Bonchev–Trinajstić information content (AvgIpc) is 2.64. The highest BCUT2D eigenvalue weighted by Crippen LogP contribution is 2.27. The number of nitrogens with one attached hydrogen (secondary N) is 1. The smallest absolute Gasteiger partial charge is 0.213 e. The number of hydrogen-bond acceptors (Lipinski definition) is 3. The lowest BCUT2D eigenvalue weighted by molar-refractivity contribution is 0.228. The molecule has 2 fully saturated rings. The molecular weight excluding hydrogens is 236 g/mol. The summed E-state index contributed by atoms with van der Waals surface area (Å²) in [6, 6.07) is 0. The second-order valence-corrected chi connectivity index (χ2v) is 6.48. The number of sulfonamides is 1. The Kier molecular flexibility index (Phi) is 4.40. The molecule has 15 heavy (non-hydrogen) atoms. The molecule has 0 radical (unpaired) electrons. The third-order valence-electron chi connectivity index (χ3n) is 3.43. The Hall–Kier alpha value is 0.160. The number of hydrogen-bond donors (Lipinski definition) is 1. The summed E-state index contributed by atoms with van der Waals surface area (Å²) in [4.78, 5) is 0. The van der Waals surface area contributed by atoms with E-state index in [0.29, 0.717) is 11.8 Å². The topological polar surface area (TPSA) is 49.4 Å². The van der Waals surface area contributed by atoms with Crippen LogP contribution in [-0.4, -0.2) is 44.7 Å². The van der Waals surface area contributed by atoms with Gasteiger partial charge in [-0.25, -0.2) is 12.7 Å². The molecule has 4 nitrogen and oxygen atoms in total. The molecule has 2 heterocycles. The van der Waals surface area contributed by atoms with Gasteiger partial charge in [0.05, 0.1) is 5.75 Å². The van der Waals surface area contributed by atoms with Crippen LogP contribution in [0.3, 0.4) is 0 Å². The van der Waals surface area contributed by atoms with Crippen LogP contribution in [0, 0.1) is 11.8 Å². The number of piperidine rings is 1. The first-order valence-electron chi connectivity index (χ1n) is 5.32. The van der Waals surface area contributed by atoms with Crippen molar-refractivity contribution in [2.75, 3.05) is 31.9 Å². The van der Waals surface area contributed by atoms with E-state index >= 15 is 0 Å². The van der Waals surface area contributed by atoms with Gasteiger partial charge in [0, 0.05) is 13.1 Å². The van der Waals surface area contributed by atoms with Gasteiger partial charge < -0.3 is 5.32 Å². The molecule has 2 rings (SSSR count). The van der Waals surface area contributed by atoms with Crippen molar-refractivity contribution in [1.82, 2.24) is 9.62 Å². The summed E-state index contributed by atoms with van der Waals surface area (Å²) in [7, 11) is -2.95. The molecule has 0 aromatic heterocycles. The number of fused-ring (bicyclic) bond motifs is 1. The average molecular weight is 255 g/mol. The molecule has 0 aliphatic carbocycles. The normalized spacial score (nSPS) is 32.1. The summed E-state index contributed by atoms with van der Waals surface area (Å²) in [5, 5.41) is 3.33. The van der Waals surface area contributed by atoms with E-state index < -0.39 is 10.0 Å². The molecule has 0 aromatic rings. The van der Waals surface area contributed by atoms with Gasteiger partial charge in [-0.05, 0) is 38.3 Å². The van der Waals surface area contributed by atoms with Gasteiger partial charge >= 0.3 is 0 Å². The Bertz CT molecular complexity index is 307. The molecule has 6 heteroatoms. The van der Waals surface area contributed by atoms with E-state index in [1.807, 2.05) is 0 Å². The summed E-state index contributed by atoms with van der Waals surface area (Å²) in [5.41, 5.74) is 0. The summed E-state index contributed by atoms with van der Waals surface area (Å²) < 4.78 is 25.0. The minimum absolute atomic E-state index is 0. The highest BCUT2D eigenvalue weighted by Gasteiger charge is 2.36. The Labute approximate surface area is 97.9 Å². The summed E-state index contributed by atoms with van der Waals surface area (Å²) in [6.07, 6.45) is 1.02. The summed E-state index contributed by atoms with van der Waals surface area (Å²) >= 11 is 0. The molecule has 2 atom stereocenters. The van der Waals surface area contributed by atoms with E-state index in [9.17, 15) is 8.42 Å². The standard InChI is InChI=1S/C9H18N2O2S.ClH/c1-2-14(12,13)11-4-3-8-5-10-6-9(8)7-11;/h8-10H,2-7H2,1H3;1H. The molecular formula is C9H19ClN2O2S. The third-order valence-corrected chi connectivity index (χ3v) is 5.27. The van der Waals surface area contributed by atoms with Crippen molar-refractivity contribution in [3.8, 4) is 0 Å². The van der Waals surface area contributed by atoms with E-state index in [0.717, 1.165) is 32.6 Å². The largest absolute Gasteiger partial charge is 0.316 e. The van der Waals surface area contributed by atoms with Crippen LogP contribution in [0.2, 0.25) is 0 Å². The Balaban J connectivity index is 0.00000112. The second-order valence-electron chi connectivity index (χ2n) is 4.23. The first kappa shape index (κ1) is 13.2. The highest BCUT2D eigenvalue weighted by atomic mass is 35.5. The van der Waals surface area contributed by atoms with Crippen LogP contribution >= 0.6 is 12.4 Å². The van der Waals surface area contributed by atoms with Crippen LogP contribution in [0.4, 0.5) is 0 Å². The molecule has 90 valence electrons. The van der Waals surface area contributed by atoms with Crippen LogP contribution in [0.15, 0.2) is 0 Å². The number of halogens is 1. The molecule has 2 saturated heterocycles. The number of rotatable bonds is 2. The quantitative estimate of drug-likeness (QED) is 0.771. The minimum atomic E-state index is -2.95.